The summed E-state index contributed by atoms with van der Waals surface area (Å²) < 4.78 is 0. The van der Waals surface area contributed by atoms with Crippen molar-refractivity contribution in [2.45, 2.75) is 18.9 Å². The highest BCUT2D eigenvalue weighted by atomic mass is 35.5. The third kappa shape index (κ3) is 1.89. The van der Waals surface area contributed by atoms with Gasteiger partial charge in [-0.15, -0.1) is 12.4 Å². The molecule has 1 saturated heterocycles. The van der Waals surface area contributed by atoms with Gasteiger partial charge >= 0.3 is 0 Å². The maximum absolute atomic E-state index is 3.57. The van der Waals surface area contributed by atoms with Gasteiger partial charge in [0.1, 0.15) is 0 Å². The number of aryl methyl sites for hydroxylation is 1. The molecule has 82 valence electrons. The Kier molecular flexibility index (Phi) is 3.29. The van der Waals surface area contributed by atoms with Crippen LogP contribution in [0.3, 0.4) is 0 Å². The van der Waals surface area contributed by atoms with Gasteiger partial charge in [0.05, 0.1) is 0 Å². The van der Waals surface area contributed by atoms with Crippen LogP contribution in [0.25, 0.3) is 0 Å². The summed E-state index contributed by atoms with van der Waals surface area (Å²) >= 11 is 0. The van der Waals surface area contributed by atoms with E-state index in [9.17, 15) is 0 Å². The van der Waals surface area contributed by atoms with Crippen LogP contribution in [0.5, 0.6) is 0 Å². The highest BCUT2D eigenvalue weighted by molar-refractivity contribution is 5.85. The van der Waals surface area contributed by atoms with Gasteiger partial charge in [-0.25, -0.2) is 0 Å². The van der Waals surface area contributed by atoms with Gasteiger partial charge in [0.15, 0.2) is 0 Å². The number of rotatable bonds is 1. The van der Waals surface area contributed by atoms with Crippen LogP contribution in [0.15, 0.2) is 18.2 Å². The fourth-order valence-electron chi connectivity index (χ4n) is 2.48. The van der Waals surface area contributed by atoms with E-state index in [2.05, 4.69) is 28.8 Å². The van der Waals surface area contributed by atoms with Gasteiger partial charge in [-0.05, 0) is 29.5 Å². The lowest BCUT2D eigenvalue weighted by Crippen LogP contribution is -2.43. The molecule has 0 radical (unpaired) electrons. The first-order valence-corrected chi connectivity index (χ1v) is 5.50. The van der Waals surface area contributed by atoms with E-state index in [-0.39, 0.29) is 12.4 Å². The number of nitrogens with one attached hydrogen (secondary N) is 2. The van der Waals surface area contributed by atoms with Gasteiger partial charge in [-0.3, -0.25) is 0 Å². The number of piperazine rings is 1. The van der Waals surface area contributed by atoms with E-state index >= 15 is 0 Å². The molecule has 2 N–H and O–H groups in total. The third-order valence-corrected chi connectivity index (χ3v) is 3.37. The smallest absolute Gasteiger partial charge is 0.0450 e. The van der Waals surface area contributed by atoms with Crippen LogP contribution in [0, 0.1) is 0 Å². The largest absolute Gasteiger partial charge is 0.314 e. The fraction of sp³-hybridized carbons (Fsp3) is 0.500. The highest BCUT2D eigenvalue weighted by Crippen LogP contribution is 2.30. The van der Waals surface area contributed by atoms with Crippen molar-refractivity contribution in [2.24, 2.45) is 0 Å². The number of fused-ring (bicyclic) bond motifs is 1. The molecule has 1 aromatic rings. The van der Waals surface area contributed by atoms with Crippen molar-refractivity contribution in [3.63, 3.8) is 0 Å². The predicted molar refractivity (Wildman–Crippen MR) is 64.7 cm³/mol. The summed E-state index contributed by atoms with van der Waals surface area (Å²) in [4.78, 5) is 0. The summed E-state index contributed by atoms with van der Waals surface area (Å²) in [5.74, 6) is 0. The molecule has 1 aromatic carbocycles. The van der Waals surface area contributed by atoms with E-state index in [0.717, 1.165) is 19.6 Å². The Morgan fingerprint density at radius 1 is 1.13 bits per heavy atom. The summed E-state index contributed by atoms with van der Waals surface area (Å²) in [6, 6.07) is 7.28. The van der Waals surface area contributed by atoms with Crippen LogP contribution >= 0.6 is 12.4 Å². The molecule has 1 heterocycles. The molecule has 0 bridgehead atoms. The second-order valence-corrected chi connectivity index (χ2v) is 4.20. The Labute approximate surface area is 96.9 Å². The average molecular weight is 225 g/mol. The highest BCUT2D eigenvalue weighted by Gasteiger charge is 2.22. The molecule has 15 heavy (non-hydrogen) atoms. The normalized spacial score (nSPS) is 23.6. The maximum atomic E-state index is 3.57. The summed E-state index contributed by atoms with van der Waals surface area (Å²) in [7, 11) is 0. The number of hydrogen-bond donors (Lipinski definition) is 2. The minimum absolute atomic E-state index is 0. The molecule has 0 aromatic heterocycles. The molecule has 0 saturated carbocycles. The molecule has 2 nitrogen and oxygen atoms in total. The fourth-order valence-corrected chi connectivity index (χ4v) is 2.48. The summed E-state index contributed by atoms with van der Waals surface area (Å²) in [6.45, 7) is 3.27. The SMILES string of the molecule is Cl.c1cc2c(c(C3CNCCN3)c1)CC2. The molecule has 1 atom stereocenters. The van der Waals surface area contributed by atoms with Crippen molar-refractivity contribution in [1.29, 1.82) is 0 Å². The van der Waals surface area contributed by atoms with E-state index in [1.165, 1.54) is 18.4 Å². The Bertz CT molecular complexity index is 345. The minimum atomic E-state index is 0. The van der Waals surface area contributed by atoms with Crippen molar-refractivity contribution in [2.75, 3.05) is 19.6 Å². The quantitative estimate of drug-likeness (QED) is 0.755. The monoisotopic (exact) mass is 224 g/mol. The molecule has 1 aliphatic carbocycles. The van der Waals surface area contributed by atoms with Gasteiger partial charge < -0.3 is 10.6 Å². The minimum Gasteiger partial charge on any atom is -0.314 e. The van der Waals surface area contributed by atoms with Gasteiger partial charge in [0.25, 0.3) is 0 Å². The van der Waals surface area contributed by atoms with Crippen molar-refractivity contribution < 1.29 is 0 Å². The third-order valence-electron chi connectivity index (χ3n) is 3.37. The lowest BCUT2D eigenvalue weighted by Gasteiger charge is -2.30. The molecular weight excluding hydrogens is 208 g/mol. The van der Waals surface area contributed by atoms with Crippen molar-refractivity contribution in [3.05, 3.63) is 34.9 Å². The molecule has 0 amide bonds. The lowest BCUT2D eigenvalue weighted by molar-refractivity contribution is 0.426. The Morgan fingerprint density at radius 3 is 2.73 bits per heavy atom. The molecule has 3 rings (SSSR count). The van der Waals surface area contributed by atoms with E-state index in [4.69, 9.17) is 0 Å². The van der Waals surface area contributed by atoms with E-state index < -0.39 is 0 Å². The number of hydrogen-bond acceptors (Lipinski definition) is 2. The molecule has 2 aliphatic rings. The van der Waals surface area contributed by atoms with Crippen molar-refractivity contribution in [3.8, 4) is 0 Å². The molecule has 1 fully saturated rings. The molecule has 0 spiro atoms. The molecule has 1 unspecified atom stereocenters. The van der Waals surface area contributed by atoms with E-state index in [0.29, 0.717) is 6.04 Å². The zero-order chi connectivity index (χ0) is 9.38. The second kappa shape index (κ2) is 4.52. The van der Waals surface area contributed by atoms with Crippen LogP contribution in [-0.4, -0.2) is 19.6 Å². The molecular formula is C12H17ClN2. The molecule has 1 aliphatic heterocycles. The van der Waals surface area contributed by atoms with Crippen LogP contribution < -0.4 is 10.6 Å². The maximum Gasteiger partial charge on any atom is 0.0450 e. The summed E-state index contributed by atoms with van der Waals surface area (Å²) in [6.07, 6.45) is 2.56. The van der Waals surface area contributed by atoms with Gasteiger partial charge in [0, 0.05) is 25.7 Å². The van der Waals surface area contributed by atoms with Gasteiger partial charge in [-0.2, -0.15) is 0 Å². The van der Waals surface area contributed by atoms with Gasteiger partial charge in [-0.1, -0.05) is 18.2 Å². The summed E-state index contributed by atoms with van der Waals surface area (Å²) in [5, 5.41) is 7.02. The Balaban J connectivity index is 0.000000853. The first kappa shape index (κ1) is 10.9. The summed E-state index contributed by atoms with van der Waals surface area (Å²) in [5.41, 5.74) is 4.70. The van der Waals surface area contributed by atoms with E-state index in [1.807, 2.05) is 0 Å². The standard InChI is InChI=1S/C12H16N2.ClH/c1-2-9-4-5-10(9)11(3-1)12-8-13-6-7-14-12;/h1-3,12-14H,4-8H2;1H. The Morgan fingerprint density at radius 2 is 2.07 bits per heavy atom. The predicted octanol–water partition coefficient (Wildman–Crippen LogP) is 1.44. The van der Waals surface area contributed by atoms with Crippen molar-refractivity contribution in [1.82, 2.24) is 10.6 Å². The zero-order valence-electron chi connectivity index (χ0n) is 8.75. The number of benzene rings is 1. The van der Waals surface area contributed by atoms with Crippen LogP contribution in [-0.2, 0) is 12.8 Å². The zero-order valence-corrected chi connectivity index (χ0v) is 9.57. The number of halogens is 1. The Hall–Kier alpha value is -0.570. The van der Waals surface area contributed by atoms with Crippen LogP contribution in [0.1, 0.15) is 22.7 Å². The first-order valence-electron chi connectivity index (χ1n) is 5.50. The topological polar surface area (TPSA) is 24.1 Å². The lowest BCUT2D eigenvalue weighted by atomic mass is 9.82. The van der Waals surface area contributed by atoms with Crippen LogP contribution in [0.4, 0.5) is 0 Å². The average Bonchev–Trinajstić information content (AvgIpc) is 2.21. The first-order chi connectivity index (χ1) is 6.95. The van der Waals surface area contributed by atoms with Crippen LogP contribution in [0.2, 0.25) is 0 Å². The van der Waals surface area contributed by atoms with Crippen molar-refractivity contribution >= 4 is 12.4 Å². The van der Waals surface area contributed by atoms with Gasteiger partial charge in [0.2, 0.25) is 0 Å². The van der Waals surface area contributed by atoms with E-state index in [1.54, 1.807) is 11.1 Å². The molecule has 3 heteroatoms. The second-order valence-electron chi connectivity index (χ2n) is 4.20.